The summed E-state index contributed by atoms with van der Waals surface area (Å²) < 4.78 is 1.07. The van der Waals surface area contributed by atoms with Gasteiger partial charge in [0.05, 0.1) is 6.61 Å². The lowest BCUT2D eigenvalue weighted by atomic mass is 10.2. The van der Waals surface area contributed by atoms with Crippen molar-refractivity contribution in [2.24, 2.45) is 4.99 Å². The first-order chi connectivity index (χ1) is 9.65. The standard InChI is InChI=1S/C15H20BrClN2O/c1-2-3-4-14-18-13(10-20)15(17)19(14)9-11-5-7-12(16)8-6-11/h5-8,13,15,20H,2-4,9-10H2,1H3. The molecule has 0 aromatic heterocycles. The molecule has 1 aliphatic heterocycles. The van der Waals surface area contributed by atoms with Gasteiger partial charge < -0.3 is 10.0 Å². The fourth-order valence-electron chi connectivity index (χ4n) is 2.31. The predicted octanol–water partition coefficient (Wildman–Crippen LogP) is 3.78. The number of unbranched alkanes of at least 4 members (excludes halogenated alkanes) is 1. The lowest BCUT2D eigenvalue weighted by molar-refractivity contribution is 0.241. The first-order valence-electron chi connectivity index (χ1n) is 6.98. The van der Waals surface area contributed by atoms with Crippen molar-refractivity contribution < 1.29 is 5.11 Å². The third-order valence-corrected chi connectivity index (χ3v) is 4.52. The summed E-state index contributed by atoms with van der Waals surface area (Å²) in [7, 11) is 0. The van der Waals surface area contributed by atoms with Crippen LogP contribution in [0.2, 0.25) is 0 Å². The van der Waals surface area contributed by atoms with E-state index in [-0.39, 0.29) is 18.1 Å². The first-order valence-corrected chi connectivity index (χ1v) is 8.21. The van der Waals surface area contributed by atoms with E-state index >= 15 is 0 Å². The van der Waals surface area contributed by atoms with Gasteiger partial charge in [-0.15, -0.1) is 0 Å². The molecule has 0 aliphatic carbocycles. The Morgan fingerprint density at radius 1 is 1.35 bits per heavy atom. The van der Waals surface area contributed by atoms with Crippen LogP contribution < -0.4 is 0 Å². The summed E-state index contributed by atoms with van der Waals surface area (Å²) in [6, 6.07) is 8.01. The summed E-state index contributed by atoms with van der Waals surface area (Å²) in [5.41, 5.74) is 0.942. The Labute approximate surface area is 133 Å². The van der Waals surface area contributed by atoms with Crippen LogP contribution in [-0.4, -0.2) is 34.0 Å². The quantitative estimate of drug-likeness (QED) is 0.620. The average molecular weight is 360 g/mol. The van der Waals surface area contributed by atoms with Gasteiger partial charge in [0.15, 0.2) is 0 Å². The van der Waals surface area contributed by atoms with Crippen LogP contribution >= 0.6 is 27.5 Å². The molecule has 0 saturated carbocycles. The smallest absolute Gasteiger partial charge is 0.130 e. The van der Waals surface area contributed by atoms with Crippen LogP contribution in [0.4, 0.5) is 0 Å². The lowest BCUT2D eigenvalue weighted by Gasteiger charge is -2.26. The van der Waals surface area contributed by atoms with Gasteiger partial charge in [0.1, 0.15) is 17.4 Å². The van der Waals surface area contributed by atoms with Crippen molar-refractivity contribution in [1.29, 1.82) is 0 Å². The molecule has 0 amide bonds. The molecule has 0 fully saturated rings. The van der Waals surface area contributed by atoms with E-state index in [9.17, 15) is 5.11 Å². The molecule has 1 aromatic carbocycles. The third kappa shape index (κ3) is 3.74. The van der Waals surface area contributed by atoms with Crippen molar-refractivity contribution in [3.05, 3.63) is 34.3 Å². The summed E-state index contributed by atoms with van der Waals surface area (Å²) in [5.74, 6) is 1.02. The maximum absolute atomic E-state index is 9.38. The first kappa shape index (κ1) is 15.8. The molecule has 2 unspecified atom stereocenters. The fraction of sp³-hybridized carbons (Fsp3) is 0.533. The second-order valence-electron chi connectivity index (χ2n) is 5.03. The minimum atomic E-state index is -0.254. The number of amidine groups is 1. The zero-order valence-corrected chi connectivity index (χ0v) is 13.9. The Balaban J connectivity index is 2.10. The van der Waals surface area contributed by atoms with Crippen molar-refractivity contribution in [2.75, 3.05) is 6.61 Å². The normalized spacial score (nSPS) is 22.2. The summed E-state index contributed by atoms with van der Waals surface area (Å²) in [6.45, 7) is 2.90. The largest absolute Gasteiger partial charge is 0.394 e. The number of rotatable bonds is 6. The van der Waals surface area contributed by atoms with Crippen molar-refractivity contribution >= 4 is 33.4 Å². The monoisotopic (exact) mass is 358 g/mol. The molecule has 0 saturated heterocycles. The Bertz CT molecular complexity index is 463. The molecule has 2 rings (SSSR count). The highest BCUT2D eigenvalue weighted by Crippen LogP contribution is 2.26. The van der Waals surface area contributed by atoms with Crippen LogP contribution in [0.25, 0.3) is 0 Å². The Hall–Kier alpha value is -0.580. The van der Waals surface area contributed by atoms with Gasteiger partial charge in [-0.1, -0.05) is 53.0 Å². The molecule has 20 heavy (non-hydrogen) atoms. The molecule has 1 aliphatic rings. The zero-order chi connectivity index (χ0) is 14.5. The van der Waals surface area contributed by atoms with Crippen molar-refractivity contribution in [3.63, 3.8) is 0 Å². The summed E-state index contributed by atoms with van der Waals surface area (Å²) >= 11 is 9.88. The summed E-state index contributed by atoms with van der Waals surface area (Å²) in [6.07, 6.45) is 3.14. The number of alkyl halides is 1. The second kappa shape index (κ2) is 7.43. The van der Waals surface area contributed by atoms with Gasteiger partial charge in [0.25, 0.3) is 0 Å². The highest BCUT2D eigenvalue weighted by atomic mass is 79.9. The highest BCUT2D eigenvalue weighted by molar-refractivity contribution is 9.10. The van der Waals surface area contributed by atoms with E-state index in [4.69, 9.17) is 11.6 Å². The van der Waals surface area contributed by atoms with E-state index in [1.165, 1.54) is 5.56 Å². The number of aliphatic imine (C=N–C) groups is 1. The van der Waals surface area contributed by atoms with E-state index in [1.54, 1.807) is 0 Å². The molecular formula is C15H20BrClN2O. The lowest BCUT2D eigenvalue weighted by Crippen LogP contribution is -2.36. The van der Waals surface area contributed by atoms with E-state index < -0.39 is 0 Å². The van der Waals surface area contributed by atoms with Crippen molar-refractivity contribution in [3.8, 4) is 0 Å². The number of hydrogen-bond acceptors (Lipinski definition) is 3. The SMILES string of the molecule is CCCCC1=NC(CO)C(Cl)N1Cc1ccc(Br)cc1. The zero-order valence-electron chi connectivity index (χ0n) is 11.6. The number of hydrogen-bond donors (Lipinski definition) is 1. The predicted molar refractivity (Wildman–Crippen MR) is 87.2 cm³/mol. The number of aliphatic hydroxyl groups is 1. The number of benzene rings is 1. The van der Waals surface area contributed by atoms with Gasteiger partial charge in [-0.3, -0.25) is 4.99 Å². The Kier molecular flexibility index (Phi) is 5.87. The Morgan fingerprint density at radius 3 is 2.65 bits per heavy atom. The maximum Gasteiger partial charge on any atom is 0.130 e. The van der Waals surface area contributed by atoms with Crippen LogP contribution in [0.3, 0.4) is 0 Å². The second-order valence-corrected chi connectivity index (χ2v) is 6.39. The molecule has 0 bridgehead atoms. The van der Waals surface area contributed by atoms with Gasteiger partial charge in [-0.25, -0.2) is 0 Å². The molecule has 1 heterocycles. The minimum absolute atomic E-state index is 0.000625. The van der Waals surface area contributed by atoms with E-state index in [2.05, 4.69) is 44.9 Å². The molecule has 0 radical (unpaired) electrons. The molecule has 2 atom stereocenters. The van der Waals surface area contributed by atoms with Crippen LogP contribution in [0.15, 0.2) is 33.7 Å². The summed E-state index contributed by atoms with van der Waals surface area (Å²) in [5, 5.41) is 9.38. The Morgan fingerprint density at radius 2 is 2.05 bits per heavy atom. The van der Waals surface area contributed by atoms with Gasteiger partial charge >= 0.3 is 0 Å². The molecule has 3 nitrogen and oxygen atoms in total. The molecule has 5 heteroatoms. The van der Waals surface area contributed by atoms with Gasteiger partial charge in [0, 0.05) is 17.4 Å². The number of halogens is 2. The van der Waals surface area contributed by atoms with Gasteiger partial charge in [-0.05, 0) is 24.1 Å². The summed E-state index contributed by atoms with van der Waals surface area (Å²) in [4.78, 5) is 6.68. The molecule has 1 N–H and O–H groups in total. The van der Waals surface area contributed by atoms with Crippen LogP contribution in [0.5, 0.6) is 0 Å². The van der Waals surface area contributed by atoms with Crippen molar-refractivity contribution in [2.45, 2.75) is 44.3 Å². The van der Waals surface area contributed by atoms with Crippen molar-refractivity contribution in [1.82, 2.24) is 4.90 Å². The molecule has 110 valence electrons. The van der Waals surface area contributed by atoms with Crippen LogP contribution in [0, 0.1) is 0 Å². The molecule has 0 spiro atoms. The van der Waals surface area contributed by atoms with E-state index in [0.717, 1.165) is 36.1 Å². The number of nitrogens with zero attached hydrogens (tertiary/aromatic N) is 2. The van der Waals surface area contributed by atoms with Crippen LogP contribution in [-0.2, 0) is 6.54 Å². The van der Waals surface area contributed by atoms with Gasteiger partial charge in [0.2, 0.25) is 0 Å². The third-order valence-electron chi connectivity index (χ3n) is 3.47. The minimum Gasteiger partial charge on any atom is -0.394 e. The highest BCUT2D eigenvalue weighted by Gasteiger charge is 2.33. The van der Waals surface area contributed by atoms with E-state index in [1.807, 2.05) is 12.1 Å². The maximum atomic E-state index is 9.38. The molecular weight excluding hydrogens is 340 g/mol. The van der Waals surface area contributed by atoms with E-state index in [0.29, 0.717) is 0 Å². The van der Waals surface area contributed by atoms with Crippen LogP contribution in [0.1, 0.15) is 31.7 Å². The molecule has 1 aromatic rings. The van der Waals surface area contributed by atoms with Gasteiger partial charge in [-0.2, -0.15) is 0 Å². The fourth-order valence-corrected chi connectivity index (χ4v) is 2.89. The average Bonchev–Trinajstić information content (AvgIpc) is 2.75. The topological polar surface area (TPSA) is 35.8 Å². The number of aliphatic hydroxyl groups excluding tert-OH is 1.